The molecular formula is C20H26N3O3+. The summed E-state index contributed by atoms with van der Waals surface area (Å²) in [6.45, 7) is 6.51. The summed E-state index contributed by atoms with van der Waals surface area (Å²) < 4.78 is 0. The molecule has 3 aliphatic rings. The number of unbranched alkanes of at least 4 members (excludes halogenated alkanes) is 1. The molecule has 0 saturated carbocycles. The first kappa shape index (κ1) is 17.2. The first-order valence-electron chi connectivity index (χ1n) is 9.61. The van der Waals surface area contributed by atoms with Gasteiger partial charge in [-0.2, -0.15) is 0 Å². The number of carbonyl (C=O) groups excluding carboxylic acids is 3. The van der Waals surface area contributed by atoms with Gasteiger partial charge in [-0.05, 0) is 37.5 Å². The molecule has 0 aliphatic carbocycles. The molecule has 4 rings (SSSR count). The van der Waals surface area contributed by atoms with Crippen LogP contribution >= 0.6 is 0 Å². The molecule has 1 aromatic rings. The van der Waals surface area contributed by atoms with Gasteiger partial charge >= 0.3 is 0 Å². The summed E-state index contributed by atoms with van der Waals surface area (Å²) in [6, 6.07) is 5.85. The standard InChI is InChI=1S/C20H25N3O3/c1-4-6-9-23-17(24)15-11(3)22-20(16(15)18(23)25)13-10-12(5-2)7-8-14(13)21-19(20)26/h7-8,10-11,15-16,22H,4-6,9H2,1-3H3,(H,21,26)/p+1/t11-,15-,16+,20-/m1/s1. The van der Waals surface area contributed by atoms with E-state index in [0.29, 0.717) is 6.54 Å². The molecule has 0 bridgehead atoms. The second kappa shape index (κ2) is 5.91. The zero-order valence-corrected chi connectivity index (χ0v) is 15.5. The van der Waals surface area contributed by atoms with Crippen molar-refractivity contribution < 1.29 is 19.7 Å². The lowest BCUT2D eigenvalue weighted by Crippen LogP contribution is -2.98. The third-order valence-corrected chi connectivity index (χ3v) is 6.32. The number of rotatable bonds is 4. The Kier molecular flexibility index (Phi) is 3.91. The largest absolute Gasteiger partial charge is 0.326 e. The Labute approximate surface area is 153 Å². The molecule has 0 radical (unpaired) electrons. The van der Waals surface area contributed by atoms with Crippen molar-refractivity contribution >= 4 is 23.4 Å². The van der Waals surface area contributed by atoms with Crippen LogP contribution in [0.1, 0.15) is 44.7 Å². The quantitative estimate of drug-likeness (QED) is 0.782. The van der Waals surface area contributed by atoms with E-state index in [0.717, 1.165) is 36.1 Å². The Morgan fingerprint density at radius 3 is 2.65 bits per heavy atom. The van der Waals surface area contributed by atoms with Crippen LogP contribution in [0, 0.1) is 11.8 Å². The van der Waals surface area contributed by atoms with E-state index >= 15 is 0 Å². The van der Waals surface area contributed by atoms with Crippen LogP contribution < -0.4 is 10.6 Å². The molecule has 3 N–H and O–H groups in total. The Bertz CT molecular complexity index is 805. The van der Waals surface area contributed by atoms with Crippen LogP contribution in [0.4, 0.5) is 5.69 Å². The average molecular weight is 356 g/mol. The predicted octanol–water partition coefficient (Wildman–Crippen LogP) is 0.763. The summed E-state index contributed by atoms with van der Waals surface area (Å²) >= 11 is 0. The van der Waals surface area contributed by atoms with E-state index in [1.165, 1.54) is 4.90 Å². The van der Waals surface area contributed by atoms with E-state index < -0.39 is 17.4 Å². The highest BCUT2D eigenvalue weighted by molar-refractivity contribution is 6.13. The summed E-state index contributed by atoms with van der Waals surface area (Å²) in [5.74, 6) is -1.50. The molecule has 1 spiro atoms. The average Bonchev–Trinajstić information content (AvgIpc) is 3.18. The minimum absolute atomic E-state index is 0.106. The number of fused-ring (bicyclic) bond motifs is 4. The second-order valence-electron chi connectivity index (χ2n) is 7.77. The molecular weight excluding hydrogens is 330 g/mol. The summed E-state index contributed by atoms with van der Waals surface area (Å²) in [4.78, 5) is 40.7. The van der Waals surface area contributed by atoms with Crippen molar-refractivity contribution in [3.63, 3.8) is 0 Å². The van der Waals surface area contributed by atoms with E-state index in [9.17, 15) is 14.4 Å². The molecule has 0 aromatic heterocycles. The molecule has 1 aromatic carbocycles. The Morgan fingerprint density at radius 1 is 1.19 bits per heavy atom. The number of likely N-dealkylation sites (tertiary alicyclic amines) is 1. The van der Waals surface area contributed by atoms with Gasteiger partial charge in [0.05, 0.1) is 11.7 Å². The molecule has 6 nitrogen and oxygen atoms in total. The van der Waals surface area contributed by atoms with Gasteiger partial charge in [-0.15, -0.1) is 0 Å². The van der Waals surface area contributed by atoms with Gasteiger partial charge in [-0.3, -0.25) is 19.3 Å². The van der Waals surface area contributed by atoms with E-state index in [-0.39, 0.29) is 23.8 Å². The van der Waals surface area contributed by atoms with Crippen molar-refractivity contribution in [3.05, 3.63) is 29.3 Å². The molecule has 26 heavy (non-hydrogen) atoms. The number of imide groups is 1. The number of nitrogens with one attached hydrogen (secondary N) is 1. The lowest BCUT2D eigenvalue weighted by atomic mass is 9.76. The normalized spacial score (nSPS) is 32.3. The van der Waals surface area contributed by atoms with Crippen molar-refractivity contribution in [1.82, 2.24) is 4.90 Å². The third-order valence-electron chi connectivity index (χ3n) is 6.32. The number of amides is 3. The number of benzene rings is 1. The minimum atomic E-state index is -1.02. The maximum atomic E-state index is 13.2. The first-order valence-corrected chi connectivity index (χ1v) is 9.61. The van der Waals surface area contributed by atoms with Gasteiger partial charge in [0.1, 0.15) is 11.8 Å². The number of hydrogen-bond donors (Lipinski definition) is 2. The molecule has 3 heterocycles. The minimum Gasteiger partial charge on any atom is -0.326 e. The van der Waals surface area contributed by atoms with Gasteiger partial charge in [0.25, 0.3) is 5.91 Å². The molecule has 2 saturated heterocycles. The molecule has 4 atom stereocenters. The van der Waals surface area contributed by atoms with Crippen LogP contribution in [0.25, 0.3) is 0 Å². The van der Waals surface area contributed by atoms with Crippen molar-refractivity contribution in [1.29, 1.82) is 0 Å². The number of anilines is 1. The van der Waals surface area contributed by atoms with E-state index in [2.05, 4.69) is 12.2 Å². The number of nitrogens with two attached hydrogens (primary N) is 1. The number of carbonyl (C=O) groups is 3. The lowest BCUT2D eigenvalue weighted by Gasteiger charge is -2.26. The monoisotopic (exact) mass is 356 g/mol. The Balaban J connectivity index is 1.83. The highest BCUT2D eigenvalue weighted by Crippen LogP contribution is 2.49. The van der Waals surface area contributed by atoms with E-state index in [1.54, 1.807) is 0 Å². The van der Waals surface area contributed by atoms with Crippen LogP contribution in [-0.2, 0) is 26.3 Å². The molecule has 3 aliphatic heterocycles. The Morgan fingerprint density at radius 2 is 1.96 bits per heavy atom. The molecule has 6 heteroatoms. The fourth-order valence-corrected chi connectivity index (χ4v) is 5.00. The zero-order chi connectivity index (χ0) is 18.6. The number of quaternary nitrogens is 1. The van der Waals surface area contributed by atoms with Crippen molar-refractivity contribution in [2.24, 2.45) is 11.8 Å². The molecule has 2 fully saturated rings. The van der Waals surface area contributed by atoms with E-state index in [4.69, 9.17) is 0 Å². The topological polar surface area (TPSA) is 83.1 Å². The molecule has 138 valence electrons. The SMILES string of the molecule is CCCCN1C(=O)[C@H]2[C@@H](C1=O)[C@@]1([NH2+][C@@H]2C)C(=O)Nc2ccc(CC)cc21. The maximum Gasteiger partial charge on any atom is 0.291 e. The summed E-state index contributed by atoms with van der Waals surface area (Å²) in [7, 11) is 0. The summed E-state index contributed by atoms with van der Waals surface area (Å²) in [5.41, 5.74) is 1.74. The van der Waals surface area contributed by atoms with Gasteiger partial charge in [-0.1, -0.05) is 26.3 Å². The van der Waals surface area contributed by atoms with Crippen molar-refractivity contribution in [3.8, 4) is 0 Å². The molecule has 3 amide bonds. The van der Waals surface area contributed by atoms with Crippen LogP contribution in [0.15, 0.2) is 18.2 Å². The van der Waals surface area contributed by atoms with Crippen LogP contribution in [0.5, 0.6) is 0 Å². The van der Waals surface area contributed by atoms with Gasteiger partial charge in [0.2, 0.25) is 17.4 Å². The van der Waals surface area contributed by atoms with Crippen molar-refractivity contribution in [2.75, 3.05) is 11.9 Å². The lowest BCUT2D eigenvalue weighted by molar-refractivity contribution is -0.730. The predicted molar refractivity (Wildman–Crippen MR) is 96.1 cm³/mol. The number of hydrogen-bond acceptors (Lipinski definition) is 3. The smallest absolute Gasteiger partial charge is 0.291 e. The highest BCUT2D eigenvalue weighted by atomic mass is 16.2. The van der Waals surface area contributed by atoms with Gasteiger partial charge in [0.15, 0.2) is 0 Å². The Hall–Kier alpha value is -2.21. The number of nitrogens with zero attached hydrogens (tertiary/aromatic N) is 1. The third kappa shape index (κ3) is 2.05. The first-order chi connectivity index (χ1) is 12.5. The molecule has 0 unspecified atom stereocenters. The highest BCUT2D eigenvalue weighted by Gasteiger charge is 2.73. The van der Waals surface area contributed by atoms with Gasteiger partial charge < -0.3 is 10.6 Å². The summed E-state index contributed by atoms with van der Waals surface area (Å²) in [5, 5.41) is 4.91. The number of aryl methyl sites for hydroxylation is 1. The fraction of sp³-hybridized carbons (Fsp3) is 0.550. The van der Waals surface area contributed by atoms with Crippen LogP contribution in [0.2, 0.25) is 0 Å². The maximum absolute atomic E-state index is 13.2. The van der Waals surface area contributed by atoms with Crippen LogP contribution in [-0.4, -0.2) is 35.2 Å². The zero-order valence-electron chi connectivity index (χ0n) is 15.5. The van der Waals surface area contributed by atoms with Gasteiger partial charge in [-0.25, -0.2) is 0 Å². The van der Waals surface area contributed by atoms with E-state index in [1.807, 2.05) is 37.4 Å². The summed E-state index contributed by atoms with van der Waals surface area (Å²) in [6.07, 6.45) is 2.57. The van der Waals surface area contributed by atoms with Gasteiger partial charge in [0, 0.05) is 12.1 Å². The van der Waals surface area contributed by atoms with Crippen molar-refractivity contribution in [2.45, 2.75) is 51.6 Å². The van der Waals surface area contributed by atoms with Crippen LogP contribution in [0.3, 0.4) is 0 Å². The second-order valence-corrected chi connectivity index (χ2v) is 7.77. The fourth-order valence-electron chi connectivity index (χ4n) is 5.00.